The van der Waals surface area contributed by atoms with Crippen molar-refractivity contribution in [3.05, 3.63) is 101 Å². The number of nitrogens with two attached hydrogens (primary N) is 1. The second-order valence-corrected chi connectivity index (χ2v) is 8.31. The first-order chi connectivity index (χ1) is 15.2. The van der Waals surface area contributed by atoms with Crippen LogP contribution in [-0.2, 0) is 17.8 Å². The molecule has 1 amide bonds. The van der Waals surface area contributed by atoms with E-state index in [-0.39, 0.29) is 5.91 Å². The van der Waals surface area contributed by atoms with Gasteiger partial charge in [0.2, 0.25) is 5.91 Å². The van der Waals surface area contributed by atoms with Crippen molar-refractivity contribution in [2.24, 2.45) is 0 Å². The minimum atomic E-state index is 0.0916. The summed E-state index contributed by atoms with van der Waals surface area (Å²) in [5.41, 5.74) is 12.1. The van der Waals surface area contributed by atoms with Gasteiger partial charge in [-0.2, -0.15) is 0 Å². The molecular weight excluding hydrogens is 382 g/mol. The predicted octanol–water partition coefficient (Wildman–Crippen LogP) is 4.36. The summed E-state index contributed by atoms with van der Waals surface area (Å²) in [6, 6.07) is 27.3. The van der Waals surface area contributed by atoms with Crippen LogP contribution in [0.25, 0.3) is 0 Å². The molecule has 160 valence electrons. The number of nitrogens with one attached hydrogen (secondary N) is 1. The Morgan fingerprint density at radius 2 is 1.61 bits per heavy atom. The number of carbonyl (C=O) groups excluding carboxylic acids is 1. The fourth-order valence-corrected chi connectivity index (χ4v) is 4.49. The summed E-state index contributed by atoms with van der Waals surface area (Å²) in [4.78, 5) is 14.7. The van der Waals surface area contributed by atoms with Gasteiger partial charge in [-0.25, -0.2) is 0 Å². The Bertz CT molecular complexity index is 948. The number of amides is 1. The zero-order valence-electron chi connectivity index (χ0n) is 18.0. The third-order valence-electron chi connectivity index (χ3n) is 6.15. The molecule has 3 aromatic carbocycles. The van der Waals surface area contributed by atoms with E-state index in [0.717, 1.165) is 38.0 Å². The quantitative estimate of drug-likeness (QED) is 0.426. The van der Waals surface area contributed by atoms with E-state index in [4.69, 9.17) is 5.73 Å². The maximum absolute atomic E-state index is 12.5. The molecule has 1 aliphatic rings. The van der Waals surface area contributed by atoms with Crippen molar-refractivity contribution in [3.8, 4) is 0 Å². The van der Waals surface area contributed by atoms with Crippen molar-refractivity contribution in [2.45, 2.75) is 31.7 Å². The van der Waals surface area contributed by atoms with Gasteiger partial charge >= 0.3 is 0 Å². The monoisotopic (exact) mass is 413 g/mol. The molecule has 1 aliphatic heterocycles. The molecule has 4 nitrogen and oxygen atoms in total. The molecule has 0 spiro atoms. The van der Waals surface area contributed by atoms with Crippen LogP contribution in [0, 0.1) is 0 Å². The third kappa shape index (κ3) is 5.53. The summed E-state index contributed by atoms with van der Waals surface area (Å²) < 4.78 is 0. The molecule has 0 radical (unpaired) electrons. The van der Waals surface area contributed by atoms with Crippen molar-refractivity contribution in [1.82, 2.24) is 10.2 Å². The highest BCUT2D eigenvalue weighted by molar-refractivity contribution is 5.78. The summed E-state index contributed by atoms with van der Waals surface area (Å²) in [6.45, 7) is 2.77. The van der Waals surface area contributed by atoms with Gasteiger partial charge in [0.05, 0.1) is 6.54 Å². The van der Waals surface area contributed by atoms with Crippen LogP contribution < -0.4 is 11.1 Å². The van der Waals surface area contributed by atoms with Gasteiger partial charge in [0, 0.05) is 31.2 Å². The Hall–Kier alpha value is -3.11. The average Bonchev–Trinajstić information content (AvgIpc) is 2.81. The van der Waals surface area contributed by atoms with Gasteiger partial charge in [-0.1, -0.05) is 72.8 Å². The molecule has 1 heterocycles. The summed E-state index contributed by atoms with van der Waals surface area (Å²) in [7, 11) is 0. The van der Waals surface area contributed by atoms with Crippen molar-refractivity contribution >= 4 is 11.6 Å². The molecule has 0 atom stereocenters. The molecule has 3 aromatic rings. The van der Waals surface area contributed by atoms with E-state index in [0.29, 0.717) is 19.0 Å². The van der Waals surface area contributed by atoms with Gasteiger partial charge in [-0.15, -0.1) is 0 Å². The lowest BCUT2D eigenvalue weighted by molar-refractivity contribution is -0.122. The number of hydrogen-bond donors (Lipinski definition) is 2. The van der Waals surface area contributed by atoms with Crippen LogP contribution in [0.5, 0.6) is 0 Å². The molecule has 0 saturated carbocycles. The summed E-state index contributed by atoms with van der Waals surface area (Å²) >= 11 is 0. The fraction of sp³-hybridized carbons (Fsp3) is 0.296. The molecule has 4 heteroatoms. The minimum Gasteiger partial charge on any atom is -0.398 e. The molecule has 0 unspecified atom stereocenters. The maximum atomic E-state index is 12.5. The molecule has 0 saturated heterocycles. The number of fused-ring (bicyclic) bond motifs is 1. The Morgan fingerprint density at radius 1 is 0.935 bits per heavy atom. The summed E-state index contributed by atoms with van der Waals surface area (Å²) in [6.07, 6.45) is 2.89. The van der Waals surface area contributed by atoms with Crippen LogP contribution in [0.3, 0.4) is 0 Å². The Balaban J connectivity index is 1.27. The van der Waals surface area contributed by atoms with Crippen molar-refractivity contribution in [1.29, 1.82) is 0 Å². The second-order valence-electron chi connectivity index (χ2n) is 8.31. The molecule has 4 rings (SSSR count). The van der Waals surface area contributed by atoms with Crippen LogP contribution in [0.1, 0.15) is 41.0 Å². The molecule has 0 aromatic heterocycles. The number of nitrogens with zero attached hydrogens (tertiary/aromatic N) is 1. The van der Waals surface area contributed by atoms with E-state index in [2.05, 4.69) is 76.9 Å². The number of rotatable bonds is 8. The van der Waals surface area contributed by atoms with Crippen molar-refractivity contribution in [3.63, 3.8) is 0 Å². The van der Waals surface area contributed by atoms with Gasteiger partial charge in [0.1, 0.15) is 0 Å². The lowest BCUT2D eigenvalue weighted by Gasteiger charge is -2.29. The number of anilines is 1. The lowest BCUT2D eigenvalue weighted by atomic mass is 9.87. The van der Waals surface area contributed by atoms with Crippen LogP contribution in [-0.4, -0.2) is 30.4 Å². The number of nitrogen functional groups attached to an aromatic ring is 1. The first kappa shape index (κ1) is 21.1. The SMILES string of the molecule is Nc1cccc2c1CN(CC(=O)NCCCC(c1ccccc1)c1ccccc1)CC2. The van der Waals surface area contributed by atoms with E-state index in [1.54, 1.807) is 0 Å². The van der Waals surface area contributed by atoms with E-state index >= 15 is 0 Å². The third-order valence-corrected chi connectivity index (χ3v) is 6.15. The highest BCUT2D eigenvalue weighted by Gasteiger charge is 2.20. The molecule has 3 N–H and O–H groups in total. The highest BCUT2D eigenvalue weighted by Crippen LogP contribution is 2.29. The lowest BCUT2D eigenvalue weighted by Crippen LogP contribution is -2.40. The standard InChI is InChI=1S/C27H31N3O/c28-26-15-7-13-23-16-18-30(19-25(23)26)20-27(31)29-17-8-14-24(21-9-3-1-4-10-21)22-11-5-2-6-12-22/h1-7,9-13,15,24H,8,14,16-20,28H2,(H,29,31). The molecule has 0 fully saturated rings. The van der Waals surface area contributed by atoms with Crippen LogP contribution >= 0.6 is 0 Å². The van der Waals surface area contributed by atoms with E-state index in [9.17, 15) is 4.79 Å². The normalized spacial score (nSPS) is 13.7. The van der Waals surface area contributed by atoms with E-state index in [1.165, 1.54) is 22.3 Å². The van der Waals surface area contributed by atoms with Gasteiger partial charge in [0.25, 0.3) is 0 Å². The smallest absolute Gasteiger partial charge is 0.234 e. The fourth-order valence-electron chi connectivity index (χ4n) is 4.49. The van der Waals surface area contributed by atoms with Crippen molar-refractivity contribution in [2.75, 3.05) is 25.4 Å². The number of hydrogen-bond acceptors (Lipinski definition) is 3. The average molecular weight is 414 g/mol. The largest absolute Gasteiger partial charge is 0.398 e. The van der Waals surface area contributed by atoms with Gasteiger partial charge < -0.3 is 11.1 Å². The second kappa shape index (κ2) is 10.3. The highest BCUT2D eigenvalue weighted by atomic mass is 16.2. The molecule has 0 bridgehead atoms. The van der Waals surface area contributed by atoms with Gasteiger partial charge in [-0.05, 0) is 47.6 Å². The summed E-state index contributed by atoms with van der Waals surface area (Å²) in [5, 5.41) is 3.11. The zero-order chi connectivity index (χ0) is 21.5. The predicted molar refractivity (Wildman–Crippen MR) is 127 cm³/mol. The topological polar surface area (TPSA) is 58.4 Å². The van der Waals surface area contributed by atoms with E-state index in [1.807, 2.05) is 12.1 Å². The number of carbonyl (C=O) groups is 1. The minimum absolute atomic E-state index is 0.0916. The molecule has 0 aliphatic carbocycles. The Labute approximate surface area is 185 Å². The van der Waals surface area contributed by atoms with Gasteiger partial charge in [-0.3, -0.25) is 9.69 Å². The number of benzene rings is 3. The van der Waals surface area contributed by atoms with Crippen LogP contribution in [0.4, 0.5) is 5.69 Å². The maximum Gasteiger partial charge on any atom is 0.234 e. The Morgan fingerprint density at radius 3 is 2.29 bits per heavy atom. The van der Waals surface area contributed by atoms with E-state index < -0.39 is 0 Å². The summed E-state index contributed by atoms with van der Waals surface area (Å²) in [5.74, 6) is 0.440. The molecule has 31 heavy (non-hydrogen) atoms. The van der Waals surface area contributed by atoms with Crippen molar-refractivity contribution < 1.29 is 4.79 Å². The first-order valence-electron chi connectivity index (χ1n) is 11.2. The Kier molecular flexibility index (Phi) is 7.00. The first-order valence-corrected chi connectivity index (χ1v) is 11.2. The van der Waals surface area contributed by atoms with Gasteiger partial charge in [0.15, 0.2) is 0 Å². The zero-order valence-corrected chi connectivity index (χ0v) is 18.0. The van der Waals surface area contributed by atoms with Crippen LogP contribution in [0.2, 0.25) is 0 Å². The molecular formula is C27H31N3O. The van der Waals surface area contributed by atoms with Crippen LogP contribution in [0.15, 0.2) is 78.9 Å².